The second-order valence-electron chi connectivity index (χ2n) is 6.56. The van der Waals surface area contributed by atoms with Crippen LogP contribution < -0.4 is 10.0 Å². The van der Waals surface area contributed by atoms with Crippen molar-refractivity contribution in [1.82, 2.24) is 10.0 Å². The molecule has 2 N–H and O–H groups in total. The minimum Gasteiger partial charge on any atom is -0.362 e. The molecule has 1 aromatic rings. The van der Waals surface area contributed by atoms with Crippen molar-refractivity contribution in [3.05, 3.63) is 29.8 Å². The number of aryl methyl sites for hydroxylation is 1. The molecule has 0 saturated heterocycles. The van der Waals surface area contributed by atoms with Crippen LogP contribution in [0.1, 0.15) is 31.2 Å². The van der Waals surface area contributed by atoms with Crippen LogP contribution in [0, 0.1) is 24.7 Å². The number of rotatable bonds is 4. The van der Waals surface area contributed by atoms with E-state index in [0.717, 1.165) is 23.9 Å². The third kappa shape index (κ3) is 3.43. The van der Waals surface area contributed by atoms with Crippen LogP contribution in [-0.4, -0.2) is 20.1 Å². The first-order valence-electron chi connectivity index (χ1n) is 7.81. The number of thiocarbonyl (C=S) groups is 1. The number of sulfonamides is 1. The number of hydrogen-bond acceptors (Lipinski definition) is 3. The zero-order valence-corrected chi connectivity index (χ0v) is 14.3. The van der Waals surface area contributed by atoms with E-state index in [9.17, 15) is 8.42 Å². The molecule has 1 aromatic carbocycles. The van der Waals surface area contributed by atoms with Gasteiger partial charge in [-0.25, -0.2) is 8.42 Å². The van der Waals surface area contributed by atoms with Crippen LogP contribution in [0.3, 0.4) is 0 Å². The molecule has 3 atom stereocenters. The largest absolute Gasteiger partial charge is 0.362 e. The standard InChI is InChI=1S/C16H22N2O2S2/c1-11-2-6-15(7-3-11)22(19,20)18-16(21)17-10-14-9-12-4-5-13(14)8-12/h2-3,6-7,12-14H,4-5,8-10H2,1H3,(H2,17,18,21). The number of hydrogen-bond donors (Lipinski definition) is 2. The van der Waals surface area contributed by atoms with Gasteiger partial charge in [0, 0.05) is 6.54 Å². The molecule has 3 rings (SSSR count). The number of benzene rings is 1. The fourth-order valence-electron chi connectivity index (χ4n) is 3.78. The Kier molecular flexibility index (Phi) is 4.41. The average Bonchev–Trinajstić information content (AvgIpc) is 3.07. The summed E-state index contributed by atoms with van der Waals surface area (Å²) >= 11 is 5.15. The first kappa shape index (κ1) is 15.7. The van der Waals surface area contributed by atoms with Gasteiger partial charge in [0.05, 0.1) is 4.90 Å². The summed E-state index contributed by atoms with van der Waals surface area (Å²) in [4.78, 5) is 0.238. The van der Waals surface area contributed by atoms with Crippen molar-refractivity contribution < 1.29 is 8.42 Å². The molecule has 0 aliphatic heterocycles. The smallest absolute Gasteiger partial charge is 0.263 e. The molecule has 2 fully saturated rings. The van der Waals surface area contributed by atoms with Crippen molar-refractivity contribution in [2.75, 3.05) is 6.54 Å². The summed E-state index contributed by atoms with van der Waals surface area (Å²) < 4.78 is 26.9. The Morgan fingerprint density at radius 2 is 1.95 bits per heavy atom. The molecule has 2 bridgehead atoms. The molecular weight excluding hydrogens is 316 g/mol. The zero-order valence-electron chi connectivity index (χ0n) is 12.7. The summed E-state index contributed by atoms with van der Waals surface area (Å²) in [6.07, 6.45) is 5.28. The molecule has 0 radical (unpaired) electrons. The molecule has 2 aliphatic rings. The van der Waals surface area contributed by atoms with E-state index in [1.165, 1.54) is 25.7 Å². The topological polar surface area (TPSA) is 58.2 Å². The Morgan fingerprint density at radius 1 is 1.23 bits per heavy atom. The summed E-state index contributed by atoms with van der Waals surface area (Å²) in [5, 5.41) is 3.29. The average molecular weight is 338 g/mol. The summed E-state index contributed by atoms with van der Waals surface area (Å²) in [6.45, 7) is 2.70. The molecular formula is C16H22N2O2S2. The van der Waals surface area contributed by atoms with Gasteiger partial charge in [0.2, 0.25) is 0 Å². The molecule has 2 aliphatic carbocycles. The van der Waals surface area contributed by atoms with Crippen molar-refractivity contribution in [1.29, 1.82) is 0 Å². The third-order valence-corrected chi connectivity index (χ3v) is 6.71. The summed E-state index contributed by atoms with van der Waals surface area (Å²) in [6, 6.07) is 6.74. The monoisotopic (exact) mass is 338 g/mol. The van der Waals surface area contributed by atoms with Gasteiger partial charge in [-0.05, 0) is 68.3 Å². The van der Waals surface area contributed by atoms with Crippen molar-refractivity contribution in [2.24, 2.45) is 17.8 Å². The van der Waals surface area contributed by atoms with E-state index in [1.54, 1.807) is 24.3 Å². The van der Waals surface area contributed by atoms with Gasteiger partial charge >= 0.3 is 0 Å². The SMILES string of the molecule is Cc1ccc(S(=O)(=O)NC(=S)NCC2CC3CCC2C3)cc1. The van der Waals surface area contributed by atoms with Crippen LogP contribution >= 0.6 is 12.2 Å². The molecule has 4 nitrogen and oxygen atoms in total. The van der Waals surface area contributed by atoms with Crippen molar-refractivity contribution >= 4 is 27.4 Å². The predicted molar refractivity (Wildman–Crippen MR) is 91.0 cm³/mol. The molecule has 3 unspecified atom stereocenters. The maximum absolute atomic E-state index is 12.2. The summed E-state index contributed by atoms with van der Waals surface area (Å²) in [5.74, 6) is 2.32. The Balaban J connectivity index is 1.53. The van der Waals surface area contributed by atoms with Crippen LogP contribution in [0.5, 0.6) is 0 Å². The summed E-state index contributed by atoms with van der Waals surface area (Å²) in [7, 11) is -3.59. The second-order valence-corrected chi connectivity index (χ2v) is 8.65. The first-order valence-corrected chi connectivity index (χ1v) is 9.70. The lowest BCUT2D eigenvalue weighted by Crippen LogP contribution is -2.41. The highest BCUT2D eigenvalue weighted by atomic mass is 32.2. The quantitative estimate of drug-likeness (QED) is 0.829. The minimum atomic E-state index is -3.59. The Hall–Kier alpha value is -1.14. The highest BCUT2D eigenvalue weighted by Gasteiger charge is 2.39. The Labute approximate surface area is 137 Å². The van der Waals surface area contributed by atoms with Crippen molar-refractivity contribution in [2.45, 2.75) is 37.5 Å². The fourth-order valence-corrected chi connectivity index (χ4v) is 5.13. The molecule has 0 amide bonds. The minimum absolute atomic E-state index is 0.198. The molecule has 0 spiro atoms. The molecule has 0 heterocycles. The zero-order chi connectivity index (χ0) is 15.7. The lowest BCUT2D eigenvalue weighted by atomic mass is 9.89. The Bertz CT molecular complexity index is 655. The van der Waals surface area contributed by atoms with Gasteiger partial charge in [0.15, 0.2) is 5.11 Å². The molecule has 22 heavy (non-hydrogen) atoms. The van der Waals surface area contributed by atoms with E-state index in [-0.39, 0.29) is 10.0 Å². The molecule has 2 saturated carbocycles. The van der Waals surface area contributed by atoms with Gasteiger partial charge in [-0.2, -0.15) is 0 Å². The lowest BCUT2D eigenvalue weighted by Gasteiger charge is -2.22. The van der Waals surface area contributed by atoms with Crippen molar-refractivity contribution in [3.63, 3.8) is 0 Å². The van der Waals surface area contributed by atoms with E-state index >= 15 is 0 Å². The molecule has 120 valence electrons. The molecule has 6 heteroatoms. The van der Waals surface area contributed by atoms with Gasteiger partial charge in [-0.3, -0.25) is 4.72 Å². The predicted octanol–water partition coefficient (Wildman–Crippen LogP) is 2.58. The van der Waals surface area contributed by atoms with Gasteiger partial charge in [0.1, 0.15) is 0 Å². The van der Waals surface area contributed by atoms with E-state index < -0.39 is 10.0 Å². The van der Waals surface area contributed by atoms with E-state index in [1.807, 2.05) is 6.92 Å². The summed E-state index contributed by atoms with van der Waals surface area (Å²) in [5.41, 5.74) is 1.02. The van der Waals surface area contributed by atoms with Crippen LogP contribution in [0.2, 0.25) is 0 Å². The lowest BCUT2D eigenvalue weighted by molar-refractivity contribution is 0.332. The van der Waals surface area contributed by atoms with Gasteiger partial charge in [0.25, 0.3) is 10.0 Å². The van der Waals surface area contributed by atoms with Crippen LogP contribution in [0.25, 0.3) is 0 Å². The van der Waals surface area contributed by atoms with Gasteiger partial charge in [-0.1, -0.05) is 24.1 Å². The molecule has 0 aromatic heterocycles. The van der Waals surface area contributed by atoms with E-state index in [0.29, 0.717) is 5.92 Å². The maximum atomic E-state index is 12.2. The van der Waals surface area contributed by atoms with Crippen LogP contribution in [0.4, 0.5) is 0 Å². The van der Waals surface area contributed by atoms with Crippen LogP contribution in [0.15, 0.2) is 29.2 Å². The van der Waals surface area contributed by atoms with Crippen LogP contribution in [-0.2, 0) is 10.0 Å². The number of fused-ring (bicyclic) bond motifs is 2. The maximum Gasteiger partial charge on any atom is 0.263 e. The van der Waals surface area contributed by atoms with E-state index in [4.69, 9.17) is 12.2 Å². The van der Waals surface area contributed by atoms with Crippen molar-refractivity contribution in [3.8, 4) is 0 Å². The normalized spacial score (nSPS) is 26.9. The number of nitrogens with one attached hydrogen (secondary N) is 2. The van der Waals surface area contributed by atoms with Gasteiger partial charge < -0.3 is 5.32 Å². The Morgan fingerprint density at radius 3 is 2.55 bits per heavy atom. The fraction of sp³-hybridized carbons (Fsp3) is 0.562. The van der Waals surface area contributed by atoms with E-state index in [2.05, 4.69) is 10.0 Å². The second kappa shape index (κ2) is 6.16. The van der Waals surface area contributed by atoms with Gasteiger partial charge in [-0.15, -0.1) is 0 Å². The highest BCUT2D eigenvalue weighted by molar-refractivity contribution is 7.91. The first-order chi connectivity index (χ1) is 10.4. The third-order valence-electron chi connectivity index (χ3n) is 4.97. The highest BCUT2D eigenvalue weighted by Crippen LogP contribution is 2.47.